The molecule has 0 bridgehead atoms. The van der Waals surface area contributed by atoms with Crippen LogP contribution in [0.3, 0.4) is 0 Å². The lowest BCUT2D eigenvalue weighted by Crippen LogP contribution is -2.13. The van der Waals surface area contributed by atoms with E-state index in [1.165, 1.54) is 0 Å². The van der Waals surface area contributed by atoms with E-state index in [1.54, 1.807) is 0 Å². The summed E-state index contributed by atoms with van der Waals surface area (Å²) in [7, 11) is 0. The largest absolute Gasteiger partial charge is 0.376 e. The molecule has 0 aliphatic heterocycles. The van der Waals surface area contributed by atoms with Crippen LogP contribution in [-0.4, -0.2) is 12.2 Å². The van der Waals surface area contributed by atoms with Crippen LogP contribution in [0.5, 0.6) is 0 Å². The highest BCUT2D eigenvalue weighted by atomic mass is 16.5. The Balaban J connectivity index is 3.49. The summed E-state index contributed by atoms with van der Waals surface area (Å²) < 4.78 is 5.58. The Morgan fingerprint density at radius 1 is 1.08 bits per heavy atom. The fourth-order valence-electron chi connectivity index (χ4n) is 1.06. The summed E-state index contributed by atoms with van der Waals surface area (Å²) in [6, 6.07) is 0. The van der Waals surface area contributed by atoms with Gasteiger partial charge in [0.2, 0.25) is 0 Å². The molecular formula is C11H22O. The van der Waals surface area contributed by atoms with Gasteiger partial charge in [0.15, 0.2) is 0 Å². The number of rotatable bonds is 5. The predicted molar refractivity (Wildman–Crippen MR) is 54.3 cm³/mol. The molecule has 0 saturated heterocycles. The molecule has 1 atom stereocenters. The fraction of sp³-hybridized carbons (Fsp3) is 0.818. The normalized spacial score (nSPS) is 14.9. The van der Waals surface area contributed by atoms with Gasteiger partial charge in [0.25, 0.3) is 0 Å². The second kappa shape index (κ2) is 6.24. The maximum absolute atomic E-state index is 5.58. The van der Waals surface area contributed by atoms with E-state index < -0.39 is 0 Å². The van der Waals surface area contributed by atoms with E-state index in [0.717, 1.165) is 6.42 Å². The molecule has 0 radical (unpaired) electrons. The van der Waals surface area contributed by atoms with E-state index in [9.17, 15) is 0 Å². The summed E-state index contributed by atoms with van der Waals surface area (Å²) in [5, 5.41) is 0. The second-order valence-electron chi connectivity index (χ2n) is 3.90. The molecule has 0 amide bonds. The molecule has 0 saturated carbocycles. The molecule has 0 aliphatic rings. The van der Waals surface area contributed by atoms with E-state index in [0.29, 0.717) is 18.1 Å². The molecule has 0 spiro atoms. The average Bonchev–Trinajstić information content (AvgIpc) is 1.84. The van der Waals surface area contributed by atoms with Gasteiger partial charge >= 0.3 is 0 Å². The highest BCUT2D eigenvalue weighted by Gasteiger charge is 2.01. The van der Waals surface area contributed by atoms with E-state index in [4.69, 9.17) is 4.74 Å². The summed E-state index contributed by atoms with van der Waals surface area (Å²) in [4.78, 5) is 0. The van der Waals surface area contributed by atoms with Crippen molar-refractivity contribution in [1.29, 1.82) is 0 Å². The number of hydrogen-bond donors (Lipinski definition) is 0. The van der Waals surface area contributed by atoms with Crippen LogP contribution < -0.4 is 0 Å². The third-order valence-electron chi connectivity index (χ3n) is 1.49. The second-order valence-corrected chi connectivity index (χ2v) is 3.90. The Kier molecular flexibility index (Phi) is 6.09. The SMILES string of the molecule is CC(C)/C=C/C[C@H](C)OC(C)C. The Labute approximate surface area is 76.8 Å². The molecule has 12 heavy (non-hydrogen) atoms. The van der Waals surface area contributed by atoms with Crippen molar-refractivity contribution in [3.05, 3.63) is 12.2 Å². The molecule has 0 aliphatic carbocycles. The first-order valence-electron chi connectivity index (χ1n) is 4.84. The lowest BCUT2D eigenvalue weighted by Gasteiger charge is -2.13. The first-order valence-corrected chi connectivity index (χ1v) is 4.84. The van der Waals surface area contributed by atoms with Crippen LogP contribution in [-0.2, 0) is 4.74 Å². The van der Waals surface area contributed by atoms with Crippen molar-refractivity contribution in [1.82, 2.24) is 0 Å². The molecular weight excluding hydrogens is 148 g/mol. The van der Waals surface area contributed by atoms with Crippen molar-refractivity contribution >= 4 is 0 Å². The summed E-state index contributed by atoms with van der Waals surface area (Å²) in [6.07, 6.45) is 6.14. The fourth-order valence-corrected chi connectivity index (χ4v) is 1.06. The third-order valence-corrected chi connectivity index (χ3v) is 1.49. The van der Waals surface area contributed by atoms with Crippen LogP contribution in [0, 0.1) is 5.92 Å². The first kappa shape index (κ1) is 11.7. The van der Waals surface area contributed by atoms with Crippen LogP contribution in [0.2, 0.25) is 0 Å². The minimum absolute atomic E-state index is 0.340. The lowest BCUT2D eigenvalue weighted by atomic mass is 10.1. The summed E-state index contributed by atoms with van der Waals surface area (Å²) in [5.41, 5.74) is 0. The van der Waals surface area contributed by atoms with Crippen LogP contribution in [0.15, 0.2) is 12.2 Å². The average molecular weight is 170 g/mol. The molecule has 72 valence electrons. The van der Waals surface area contributed by atoms with E-state index in [2.05, 4.69) is 46.8 Å². The van der Waals surface area contributed by atoms with Crippen molar-refractivity contribution in [2.75, 3.05) is 0 Å². The van der Waals surface area contributed by atoms with Gasteiger partial charge in [-0.3, -0.25) is 0 Å². The highest BCUT2D eigenvalue weighted by molar-refractivity contribution is 4.85. The van der Waals surface area contributed by atoms with E-state index in [-0.39, 0.29) is 0 Å². The maximum Gasteiger partial charge on any atom is 0.0584 e. The standard InChI is InChI=1S/C11H22O/c1-9(2)7-6-8-11(5)12-10(3)4/h6-7,9-11H,8H2,1-5H3/b7-6+/t11-/m0/s1. The molecule has 0 rings (SSSR count). The molecule has 0 heterocycles. The quantitative estimate of drug-likeness (QED) is 0.575. The van der Waals surface area contributed by atoms with Crippen molar-refractivity contribution in [2.45, 2.75) is 53.2 Å². The van der Waals surface area contributed by atoms with Crippen molar-refractivity contribution in [3.8, 4) is 0 Å². The van der Waals surface area contributed by atoms with Crippen LogP contribution >= 0.6 is 0 Å². The predicted octanol–water partition coefficient (Wildman–Crippen LogP) is 3.40. The molecule has 1 heteroatoms. The molecule has 0 aromatic rings. The molecule has 0 unspecified atom stereocenters. The minimum atomic E-state index is 0.340. The van der Waals surface area contributed by atoms with Gasteiger partial charge in [-0.25, -0.2) is 0 Å². The van der Waals surface area contributed by atoms with Gasteiger partial charge < -0.3 is 4.74 Å². The van der Waals surface area contributed by atoms with E-state index in [1.807, 2.05) is 0 Å². The van der Waals surface area contributed by atoms with Crippen LogP contribution in [0.1, 0.15) is 41.0 Å². The number of allylic oxidation sites excluding steroid dienone is 1. The topological polar surface area (TPSA) is 9.23 Å². The van der Waals surface area contributed by atoms with Gasteiger partial charge in [0.05, 0.1) is 12.2 Å². The molecule has 0 N–H and O–H groups in total. The lowest BCUT2D eigenvalue weighted by molar-refractivity contribution is 0.0209. The highest BCUT2D eigenvalue weighted by Crippen LogP contribution is 2.04. The Morgan fingerprint density at radius 2 is 1.67 bits per heavy atom. The van der Waals surface area contributed by atoms with E-state index >= 15 is 0 Å². The van der Waals surface area contributed by atoms with Crippen molar-refractivity contribution < 1.29 is 4.74 Å². The third kappa shape index (κ3) is 7.80. The van der Waals surface area contributed by atoms with Gasteiger partial charge in [-0.1, -0.05) is 26.0 Å². The van der Waals surface area contributed by atoms with Crippen molar-refractivity contribution in [2.24, 2.45) is 5.92 Å². The molecule has 0 fully saturated rings. The zero-order valence-corrected chi connectivity index (χ0v) is 9.00. The van der Waals surface area contributed by atoms with Gasteiger partial charge in [-0.15, -0.1) is 0 Å². The minimum Gasteiger partial charge on any atom is -0.376 e. The first-order chi connectivity index (χ1) is 5.52. The smallest absolute Gasteiger partial charge is 0.0584 e. The zero-order valence-electron chi connectivity index (χ0n) is 9.00. The Hall–Kier alpha value is -0.300. The summed E-state index contributed by atoms with van der Waals surface area (Å²) in [5.74, 6) is 0.649. The Bertz CT molecular complexity index is 125. The summed E-state index contributed by atoms with van der Waals surface area (Å²) >= 11 is 0. The number of ether oxygens (including phenoxy) is 1. The van der Waals surface area contributed by atoms with Gasteiger partial charge in [-0.2, -0.15) is 0 Å². The van der Waals surface area contributed by atoms with Gasteiger partial charge in [0, 0.05) is 0 Å². The monoisotopic (exact) mass is 170 g/mol. The Morgan fingerprint density at radius 3 is 2.08 bits per heavy atom. The molecule has 1 nitrogen and oxygen atoms in total. The van der Waals surface area contributed by atoms with Crippen LogP contribution in [0.4, 0.5) is 0 Å². The van der Waals surface area contributed by atoms with Crippen molar-refractivity contribution in [3.63, 3.8) is 0 Å². The molecule has 0 aromatic heterocycles. The maximum atomic E-state index is 5.58. The summed E-state index contributed by atoms with van der Waals surface area (Å²) in [6.45, 7) is 10.6. The number of hydrogen-bond acceptors (Lipinski definition) is 1. The van der Waals surface area contributed by atoms with Gasteiger partial charge in [-0.05, 0) is 33.1 Å². The zero-order chi connectivity index (χ0) is 9.56. The molecule has 0 aromatic carbocycles. The van der Waals surface area contributed by atoms with Crippen LogP contribution in [0.25, 0.3) is 0 Å². The van der Waals surface area contributed by atoms with Gasteiger partial charge in [0.1, 0.15) is 0 Å².